The first-order valence-corrected chi connectivity index (χ1v) is 9.12. The largest absolute Gasteiger partial charge is 0.319 e. The van der Waals surface area contributed by atoms with Gasteiger partial charge in [0.25, 0.3) is 0 Å². The predicted molar refractivity (Wildman–Crippen MR) is 101 cm³/mol. The highest BCUT2D eigenvalue weighted by Gasteiger charge is 2.20. The van der Waals surface area contributed by atoms with E-state index in [1.807, 2.05) is 50.2 Å². The molecular formula is C20H22N2OS. The molecule has 0 unspecified atom stereocenters. The zero-order chi connectivity index (χ0) is 17.3. The van der Waals surface area contributed by atoms with E-state index in [2.05, 4.69) is 24.5 Å². The van der Waals surface area contributed by atoms with Crippen LogP contribution in [0.15, 0.2) is 47.6 Å². The molecule has 0 saturated carbocycles. The van der Waals surface area contributed by atoms with Gasteiger partial charge in [-0.2, -0.15) is 0 Å². The van der Waals surface area contributed by atoms with Crippen LogP contribution in [0.3, 0.4) is 0 Å². The van der Waals surface area contributed by atoms with Crippen molar-refractivity contribution < 1.29 is 4.79 Å². The average Bonchev–Trinajstić information content (AvgIpc) is 2.93. The molecule has 3 nitrogen and oxygen atoms in total. The van der Waals surface area contributed by atoms with E-state index in [4.69, 9.17) is 4.98 Å². The Morgan fingerprint density at radius 3 is 2.62 bits per heavy atom. The number of carbonyl (C=O) groups is 1. The third-order valence-electron chi connectivity index (χ3n) is 4.38. The number of Topliss-reactive ketones (excluding diaryl/α,β-unsaturated/α-hetero) is 1. The fourth-order valence-corrected chi connectivity index (χ4v) is 3.86. The molecule has 0 N–H and O–H groups in total. The Kier molecular flexibility index (Phi) is 4.76. The van der Waals surface area contributed by atoms with Crippen molar-refractivity contribution in [3.8, 4) is 0 Å². The first-order chi connectivity index (χ1) is 11.5. The lowest BCUT2D eigenvalue weighted by Gasteiger charge is -2.12. The summed E-state index contributed by atoms with van der Waals surface area (Å²) in [4.78, 5) is 17.5. The summed E-state index contributed by atoms with van der Waals surface area (Å²) in [6, 6.07) is 14.0. The normalized spacial score (nSPS) is 12.5. The molecule has 0 radical (unpaired) electrons. The van der Waals surface area contributed by atoms with E-state index in [9.17, 15) is 4.79 Å². The maximum atomic E-state index is 12.8. The summed E-state index contributed by atoms with van der Waals surface area (Å²) in [5.41, 5.74) is 5.23. The van der Waals surface area contributed by atoms with Crippen LogP contribution in [0.4, 0.5) is 0 Å². The second-order valence-electron chi connectivity index (χ2n) is 6.05. The van der Waals surface area contributed by atoms with Crippen molar-refractivity contribution in [1.29, 1.82) is 0 Å². The number of rotatable bonds is 5. The number of aryl methyl sites for hydroxylation is 3. The number of fused-ring (bicyclic) bond motifs is 1. The Bertz CT molecular complexity index is 898. The molecule has 3 rings (SSSR count). The highest BCUT2D eigenvalue weighted by atomic mass is 32.2. The molecule has 0 aliphatic carbocycles. The lowest BCUT2D eigenvalue weighted by Crippen LogP contribution is -2.15. The zero-order valence-corrected chi connectivity index (χ0v) is 15.4. The van der Waals surface area contributed by atoms with Gasteiger partial charge in [-0.15, -0.1) is 0 Å². The molecule has 124 valence electrons. The summed E-state index contributed by atoms with van der Waals surface area (Å²) < 4.78 is 2.17. The number of hydrogen-bond acceptors (Lipinski definition) is 3. The number of benzene rings is 2. The van der Waals surface area contributed by atoms with Crippen LogP contribution in [0.5, 0.6) is 0 Å². The van der Waals surface area contributed by atoms with Crippen molar-refractivity contribution in [1.82, 2.24) is 9.55 Å². The van der Waals surface area contributed by atoms with E-state index in [0.29, 0.717) is 0 Å². The van der Waals surface area contributed by atoms with Gasteiger partial charge in [-0.3, -0.25) is 4.79 Å². The Labute approximate surface area is 147 Å². The highest BCUT2D eigenvalue weighted by molar-refractivity contribution is 8.00. The standard InChI is InChI=1S/C20H22N2OS/c1-5-22-18-9-7-6-8-17(18)21-20(22)24-15(4)19(23)16-11-10-13(2)14(3)12-16/h6-12,15H,5H2,1-4H3/t15-/m1/s1. The second kappa shape index (κ2) is 6.81. The summed E-state index contributed by atoms with van der Waals surface area (Å²) in [7, 11) is 0. The molecule has 2 aromatic carbocycles. The average molecular weight is 338 g/mol. The number of aromatic nitrogens is 2. The van der Waals surface area contributed by atoms with Crippen LogP contribution in [0.2, 0.25) is 0 Å². The van der Waals surface area contributed by atoms with Gasteiger partial charge in [0.2, 0.25) is 0 Å². The summed E-state index contributed by atoms with van der Waals surface area (Å²) in [5.74, 6) is 0.151. The number of thioether (sulfide) groups is 1. The Balaban J connectivity index is 1.87. The maximum Gasteiger partial charge on any atom is 0.176 e. The number of nitrogens with zero attached hydrogens (tertiary/aromatic N) is 2. The molecule has 0 aliphatic heterocycles. The molecule has 0 spiro atoms. The summed E-state index contributed by atoms with van der Waals surface area (Å²) in [5, 5.41) is 0.734. The van der Waals surface area contributed by atoms with E-state index in [0.717, 1.165) is 33.9 Å². The summed E-state index contributed by atoms with van der Waals surface area (Å²) in [6.45, 7) is 9.01. The van der Waals surface area contributed by atoms with Gasteiger partial charge in [-0.05, 0) is 57.0 Å². The van der Waals surface area contributed by atoms with Crippen molar-refractivity contribution >= 4 is 28.6 Å². The molecular weight excluding hydrogens is 316 g/mol. The second-order valence-corrected chi connectivity index (χ2v) is 7.36. The maximum absolute atomic E-state index is 12.8. The van der Waals surface area contributed by atoms with Gasteiger partial charge >= 0.3 is 0 Å². The van der Waals surface area contributed by atoms with E-state index >= 15 is 0 Å². The molecule has 0 fully saturated rings. The minimum atomic E-state index is -0.172. The van der Waals surface area contributed by atoms with E-state index in [-0.39, 0.29) is 11.0 Å². The molecule has 0 saturated heterocycles. The van der Waals surface area contributed by atoms with E-state index in [1.165, 1.54) is 17.3 Å². The zero-order valence-electron chi connectivity index (χ0n) is 14.5. The summed E-state index contributed by atoms with van der Waals surface area (Å²) in [6.07, 6.45) is 0. The molecule has 1 heterocycles. The Morgan fingerprint density at radius 2 is 1.92 bits per heavy atom. The van der Waals surface area contributed by atoms with Gasteiger partial charge in [-0.1, -0.05) is 36.0 Å². The minimum absolute atomic E-state index is 0.151. The van der Waals surface area contributed by atoms with Crippen LogP contribution >= 0.6 is 11.8 Å². The lowest BCUT2D eigenvalue weighted by molar-refractivity contribution is 0.0993. The van der Waals surface area contributed by atoms with Gasteiger partial charge in [-0.25, -0.2) is 4.98 Å². The van der Waals surface area contributed by atoms with Crippen LogP contribution < -0.4 is 0 Å². The molecule has 1 aromatic heterocycles. The molecule has 1 atom stereocenters. The van der Waals surface area contributed by atoms with Crippen LogP contribution in [0.1, 0.15) is 35.3 Å². The molecule has 0 bridgehead atoms. The Morgan fingerprint density at radius 1 is 1.17 bits per heavy atom. The van der Waals surface area contributed by atoms with Gasteiger partial charge in [0.05, 0.1) is 16.3 Å². The topological polar surface area (TPSA) is 34.9 Å². The molecule has 24 heavy (non-hydrogen) atoms. The van der Waals surface area contributed by atoms with Gasteiger partial charge in [0.15, 0.2) is 10.9 Å². The number of ketones is 1. The fraction of sp³-hybridized carbons (Fsp3) is 0.300. The van der Waals surface area contributed by atoms with Crippen LogP contribution in [0, 0.1) is 13.8 Å². The van der Waals surface area contributed by atoms with E-state index in [1.54, 1.807) is 0 Å². The first kappa shape index (κ1) is 16.8. The molecule has 4 heteroatoms. The number of hydrogen-bond donors (Lipinski definition) is 0. The third kappa shape index (κ3) is 3.11. The number of para-hydroxylation sites is 2. The number of carbonyl (C=O) groups excluding carboxylic acids is 1. The van der Waals surface area contributed by atoms with Crippen molar-refractivity contribution in [2.75, 3.05) is 0 Å². The fourth-order valence-electron chi connectivity index (χ4n) is 2.79. The van der Waals surface area contributed by atoms with Crippen LogP contribution in [0.25, 0.3) is 11.0 Å². The quantitative estimate of drug-likeness (QED) is 0.483. The Hall–Kier alpha value is -2.07. The van der Waals surface area contributed by atoms with Crippen LogP contribution in [-0.2, 0) is 6.54 Å². The lowest BCUT2D eigenvalue weighted by atomic mass is 10.0. The molecule has 0 aliphatic rings. The van der Waals surface area contributed by atoms with Crippen LogP contribution in [-0.4, -0.2) is 20.6 Å². The van der Waals surface area contributed by atoms with Gasteiger partial charge < -0.3 is 4.57 Å². The monoisotopic (exact) mass is 338 g/mol. The molecule has 0 amide bonds. The highest BCUT2D eigenvalue weighted by Crippen LogP contribution is 2.29. The first-order valence-electron chi connectivity index (χ1n) is 8.24. The van der Waals surface area contributed by atoms with Crippen molar-refractivity contribution in [3.05, 3.63) is 59.2 Å². The van der Waals surface area contributed by atoms with Crippen molar-refractivity contribution in [2.24, 2.45) is 0 Å². The predicted octanol–water partition coefficient (Wildman–Crippen LogP) is 5.04. The minimum Gasteiger partial charge on any atom is -0.319 e. The van der Waals surface area contributed by atoms with E-state index < -0.39 is 0 Å². The summed E-state index contributed by atoms with van der Waals surface area (Å²) >= 11 is 1.54. The molecule has 3 aromatic rings. The SMILES string of the molecule is CCn1c(S[C@H](C)C(=O)c2ccc(C)c(C)c2)nc2ccccc21. The number of imidazole rings is 1. The third-order valence-corrected chi connectivity index (χ3v) is 5.47. The van der Waals surface area contributed by atoms with Gasteiger partial charge in [0.1, 0.15) is 0 Å². The van der Waals surface area contributed by atoms with Gasteiger partial charge in [0, 0.05) is 12.1 Å². The smallest absolute Gasteiger partial charge is 0.176 e. The van der Waals surface area contributed by atoms with Crippen molar-refractivity contribution in [2.45, 2.75) is 44.6 Å². The van der Waals surface area contributed by atoms with Crippen molar-refractivity contribution in [3.63, 3.8) is 0 Å².